The molecule has 2 aromatic rings. The normalized spacial score (nSPS) is 14.3. The Morgan fingerprint density at radius 2 is 1.75 bits per heavy atom. The van der Waals surface area contributed by atoms with Crippen LogP contribution in [0.4, 0.5) is 0 Å². The minimum Gasteiger partial charge on any atom is -0.497 e. The molecule has 144 valence electrons. The molecular formula is C21H19NO6. The van der Waals surface area contributed by atoms with E-state index in [2.05, 4.69) is 0 Å². The third kappa shape index (κ3) is 3.93. The molecule has 1 aliphatic rings. The fraction of sp³-hybridized carbons (Fsp3) is 0.238. The predicted molar refractivity (Wildman–Crippen MR) is 99.1 cm³/mol. The molecule has 0 fully saturated rings. The highest BCUT2D eigenvalue weighted by Gasteiger charge is 2.33. The number of hydrogen-bond acceptors (Lipinski definition) is 6. The molecule has 0 saturated heterocycles. The first-order chi connectivity index (χ1) is 13.4. The highest BCUT2D eigenvalue weighted by molar-refractivity contribution is 6.11. The molecule has 0 aromatic heterocycles. The van der Waals surface area contributed by atoms with Gasteiger partial charge in [0.2, 0.25) is 11.7 Å². The van der Waals surface area contributed by atoms with Crippen molar-refractivity contribution in [3.8, 4) is 5.75 Å². The van der Waals surface area contributed by atoms with E-state index >= 15 is 0 Å². The Kier molecular flexibility index (Phi) is 5.54. The maximum Gasteiger partial charge on any atom is 0.326 e. The second-order valence-corrected chi connectivity index (χ2v) is 6.34. The van der Waals surface area contributed by atoms with E-state index < -0.39 is 36.2 Å². The summed E-state index contributed by atoms with van der Waals surface area (Å²) in [5.41, 5.74) is 1.38. The Labute approximate surface area is 161 Å². The molecule has 7 nitrogen and oxygen atoms in total. The molecule has 2 aromatic carbocycles. The van der Waals surface area contributed by atoms with Crippen LogP contribution in [0.3, 0.4) is 0 Å². The minimum atomic E-state index is -1.05. The fourth-order valence-corrected chi connectivity index (χ4v) is 2.97. The minimum absolute atomic E-state index is 0.0372. The molecule has 28 heavy (non-hydrogen) atoms. The van der Waals surface area contributed by atoms with Gasteiger partial charge in [0.1, 0.15) is 12.3 Å². The number of carbonyl (C=O) groups is 4. The molecule has 1 heterocycles. The maximum atomic E-state index is 12.5. The molecular weight excluding hydrogens is 362 g/mol. The summed E-state index contributed by atoms with van der Waals surface area (Å²) in [6.07, 6.45) is -1.02. The van der Waals surface area contributed by atoms with Crippen molar-refractivity contribution in [2.45, 2.75) is 19.4 Å². The second-order valence-electron chi connectivity index (χ2n) is 6.34. The van der Waals surface area contributed by atoms with E-state index in [0.717, 1.165) is 4.90 Å². The lowest BCUT2D eigenvalue weighted by Crippen LogP contribution is -2.46. The molecule has 0 unspecified atom stereocenters. The van der Waals surface area contributed by atoms with E-state index in [9.17, 15) is 19.2 Å². The van der Waals surface area contributed by atoms with Crippen molar-refractivity contribution in [3.63, 3.8) is 0 Å². The van der Waals surface area contributed by atoms with Crippen molar-refractivity contribution >= 4 is 23.6 Å². The summed E-state index contributed by atoms with van der Waals surface area (Å²) < 4.78 is 10.2. The van der Waals surface area contributed by atoms with E-state index in [1.807, 2.05) is 0 Å². The lowest BCUT2D eigenvalue weighted by molar-refractivity contribution is -0.150. The van der Waals surface area contributed by atoms with Crippen molar-refractivity contribution in [1.29, 1.82) is 0 Å². The monoisotopic (exact) mass is 381 g/mol. The highest BCUT2D eigenvalue weighted by atomic mass is 16.5. The van der Waals surface area contributed by atoms with Crippen LogP contribution >= 0.6 is 0 Å². The van der Waals surface area contributed by atoms with Crippen LogP contribution in [0.1, 0.15) is 33.2 Å². The molecule has 0 radical (unpaired) electrons. The van der Waals surface area contributed by atoms with Crippen LogP contribution in [0.25, 0.3) is 0 Å². The number of benzene rings is 2. The highest BCUT2D eigenvalue weighted by Crippen LogP contribution is 2.20. The van der Waals surface area contributed by atoms with Gasteiger partial charge in [-0.3, -0.25) is 24.1 Å². The van der Waals surface area contributed by atoms with Crippen molar-refractivity contribution in [3.05, 3.63) is 65.2 Å². The number of amides is 2. The van der Waals surface area contributed by atoms with Crippen LogP contribution in [0.15, 0.2) is 48.5 Å². The maximum absolute atomic E-state index is 12.5. The van der Waals surface area contributed by atoms with E-state index in [4.69, 9.17) is 9.47 Å². The molecule has 1 atom stereocenters. The van der Waals surface area contributed by atoms with E-state index in [0.29, 0.717) is 22.4 Å². The topological polar surface area (TPSA) is 90.0 Å². The van der Waals surface area contributed by atoms with Gasteiger partial charge in [-0.2, -0.15) is 0 Å². The summed E-state index contributed by atoms with van der Waals surface area (Å²) in [6, 6.07) is 13.2. The SMILES string of the molecule is COc1ccc(C(=O)[C@H](C)OC(=O)CN2C(=O)Cc3ccccc3C2=O)cc1. The number of esters is 1. The van der Waals surface area contributed by atoms with Gasteiger partial charge in [-0.05, 0) is 42.8 Å². The number of Topliss-reactive ketones (excluding diaryl/α,β-unsaturated/α-hetero) is 1. The average molecular weight is 381 g/mol. The van der Waals surface area contributed by atoms with Crippen LogP contribution in [-0.2, 0) is 20.7 Å². The molecule has 0 spiro atoms. The quantitative estimate of drug-likeness (QED) is 0.432. The van der Waals surface area contributed by atoms with Crippen molar-refractivity contribution < 1.29 is 28.7 Å². The van der Waals surface area contributed by atoms with Crippen LogP contribution in [-0.4, -0.2) is 48.2 Å². The van der Waals surface area contributed by atoms with Crippen molar-refractivity contribution in [2.24, 2.45) is 0 Å². The Hall–Kier alpha value is -3.48. The van der Waals surface area contributed by atoms with Gasteiger partial charge in [-0.25, -0.2) is 0 Å². The van der Waals surface area contributed by atoms with E-state index in [1.165, 1.54) is 14.0 Å². The number of ether oxygens (including phenoxy) is 2. The zero-order valence-electron chi connectivity index (χ0n) is 15.5. The number of fused-ring (bicyclic) bond motifs is 1. The van der Waals surface area contributed by atoms with Crippen molar-refractivity contribution in [2.75, 3.05) is 13.7 Å². The van der Waals surface area contributed by atoms with Gasteiger partial charge in [0.15, 0.2) is 6.10 Å². The lowest BCUT2D eigenvalue weighted by atomic mass is 9.98. The number of carbonyl (C=O) groups excluding carboxylic acids is 4. The van der Waals surface area contributed by atoms with Crippen LogP contribution < -0.4 is 4.74 Å². The molecule has 0 saturated carbocycles. The Balaban J connectivity index is 1.64. The summed E-state index contributed by atoms with van der Waals surface area (Å²) in [5.74, 6) is -1.63. The Bertz CT molecular complexity index is 934. The standard InChI is InChI=1S/C21H19NO6/c1-13(20(25)14-7-9-16(27-2)10-8-14)28-19(24)12-22-18(23)11-15-5-3-4-6-17(15)21(22)26/h3-10,13H,11-12H2,1-2H3/t13-/m0/s1. The average Bonchev–Trinajstić information content (AvgIpc) is 2.70. The smallest absolute Gasteiger partial charge is 0.326 e. The first-order valence-electron chi connectivity index (χ1n) is 8.71. The van der Waals surface area contributed by atoms with Gasteiger partial charge in [0.05, 0.1) is 13.5 Å². The first-order valence-corrected chi connectivity index (χ1v) is 8.71. The van der Waals surface area contributed by atoms with Crippen LogP contribution in [0.5, 0.6) is 5.75 Å². The number of methoxy groups -OCH3 is 1. The number of hydrogen-bond donors (Lipinski definition) is 0. The van der Waals surface area contributed by atoms with E-state index in [1.54, 1.807) is 48.5 Å². The molecule has 2 amide bonds. The number of imide groups is 1. The van der Waals surface area contributed by atoms with Gasteiger partial charge in [0, 0.05) is 11.1 Å². The van der Waals surface area contributed by atoms with Gasteiger partial charge in [-0.1, -0.05) is 18.2 Å². The number of rotatable bonds is 6. The summed E-state index contributed by atoms with van der Waals surface area (Å²) in [7, 11) is 1.52. The molecule has 0 aliphatic carbocycles. The summed E-state index contributed by atoms with van der Waals surface area (Å²) in [6.45, 7) is 0.909. The zero-order chi connectivity index (χ0) is 20.3. The Morgan fingerprint density at radius 3 is 2.43 bits per heavy atom. The predicted octanol–water partition coefficient (Wildman–Crippen LogP) is 2.03. The number of ketones is 1. The van der Waals surface area contributed by atoms with Gasteiger partial charge >= 0.3 is 5.97 Å². The Morgan fingerprint density at radius 1 is 1.07 bits per heavy atom. The van der Waals surface area contributed by atoms with Gasteiger partial charge in [0.25, 0.3) is 5.91 Å². The van der Waals surface area contributed by atoms with Gasteiger partial charge < -0.3 is 9.47 Å². The molecule has 0 bridgehead atoms. The third-order valence-corrected chi connectivity index (χ3v) is 4.47. The molecule has 3 rings (SSSR count). The van der Waals surface area contributed by atoms with Gasteiger partial charge in [-0.15, -0.1) is 0 Å². The summed E-state index contributed by atoms with van der Waals surface area (Å²) in [5, 5.41) is 0. The fourth-order valence-electron chi connectivity index (χ4n) is 2.97. The first kappa shape index (κ1) is 19.3. The van der Waals surface area contributed by atoms with Crippen molar-refractivity contribution in [1.82, 2.24) is 4.90 Å². The lowest BCUT2D eigenvalue weighted by Gasteiger charge is -2.26. The number of nitrogens with zero attached hydrogens (tertiary/aromatic N) is 1. The van der Waals surface area contributed by atoms with Crippen LogP contribution in [0.2, 0.25) is 0 Å². The third-order valence-electron chi connectivity index (χ3n) is 4.47. The summed E-state index contributed by atoms with van der Waals surface area (Å²) >= 11 is 0. The summed E-state index contributed by atoms with van der Waals surface area (Å²) in [4.78, 5) is 50.2. The molecule has 1 aliphatic heterocycles. The molecule has 7 heteroatoms. The zero-order valence-corrected chi connectivity index (χ0v) is 15.5. The van der Waals surface area contributed by atoms with E-state index in [-0.39, 0.29) is 6.42 Å². The van der Waals surface area contributed by atoms with Crippen LogP contribution in [0, 0.1) is 0 Å². The second kappa shape index (κ2) is 8.04. The largest absolute Gasteiger partial charge is 0.497 e. The molecule has 0 N–H and O–H groups in total.